The molecular weight excluding hydrogens is 284 g/mol. The number of likely N-dealkylation sites (N-methyl/N-ethyl adjacent to an activating group) is 1. The number of nitrogens with zero attached hydrogens (tertiary/aromatic N) is 1. The predicted octanol–water partition coefficient (Wildman–Crippen LogP) is 1.11. The Morgan fingerprint density at radius 3 is 2.82 bits per heavy atom. The fraction of sp³-hybridized carbons (Fsp3) is 0.562. The van der Waals surface area contributed by atoms with Gasteiger partial charge in [-0.1, -0.05) is 6.07 Å². The molecule has 1 fully saturated rings. The molecule has 1 atom stereocenters. The van der Waals surface area contributed by atoms with Gasteiger partial charge in [0, 0.05) is 26.8 Å². The van der Waals surface area contributed by atoms with E-state index in [0.717, 1.165) is 18.4 Å². The highest BCUT2D eigenvalue weighted by molar-refractivity contribution is 5.81. The molecule has 1 unspecified atom stereocenters. The van der Waals surface area contributed by atoms with Crippen molar-refractivity contribution < 1.29 is 19.4 Å². The van der Waals surface area contributed by atoms with E-state index in [0.29, 0.717) is 25.5 Å². The van der Waals surface area contributed by atoms with Crippen molar-refractivity contribution in [1.82, 2.24) is 4.90 Å². The summed E-state index contributed by atoms with van der Waals surface area (Å²) < 4.78 is 10.4. The van der Waals surface area contributed by atoms with Gasteiger partial charge in [-0.2, -0.15) is 0 Å². The Hall–Kier alpha value is -1.79. The minimum absolute atomic E-state index is 0.0704. The number of phenolic OH excluding ortho intramolecular Hbond substituents is 1. The Morgan fingerprint density at radius 2 is 2.18 bits per heavy atom. The average Bonchev–Trinajstić information content (AvgIpc) is 2.55. The van der Waals surface area contributed by atoms with Gasteiger partial charge in [-0.25, -0.2) is 0 Å². The van der Waals surface area contributed by atoms with Crippen LogP contribution in [-0.4, -0.2) is 49.3 Å². The van der Waals surface area contributed by atoms with Gasteiger partial charge in [0.05, 0.1) is 13.2 Å². The zero-order chi connectivity index (χ0) is 16.1. The molecule has 22 heavy (non-hydrogen) atoms. The van der Waals surface area contributed by atoms with E-state index in [2.05, 4.69) is 0 Å². The molecule has 122 valence electrons. The van der Waals surface area contributed by atoms with Crippen molar-refractivity contribution in [3.63, 3.8) is 0 Å². The Balaban J connectivity index is 1.98. The van der Waals surface area contributed by atoms with Crippen molar-refractivity contribution in [1.29, 1.82) is 0 Å². The number of amides is 1. The van der Waals surface area contributed by atoms with Gasteiger partial charge in [-0.3, -0.25) is 4.79 Å². The number of methoxy groups -OCH3 is 1. The molecule has 6 nitrogen and oxygen atoms in total. The Kier molecular flexibility index (Phi) is 5.63. The van der Waals surface area contributed by atoms with Crippen LogP contribution in [0.25, 0.3) is 0 Å². The second-order valence-electron chi connectivity index (χ2n) is 5.68. The third-order valence-corrected chi connectivity index (χ3v) is 4.10. The van der Waals surface area contributed by atoms with Crippen LogP contribution in [0.3, 0.4) is 0 Å². The smallest absolute Gasteiger partial charge is 0.239 e. The van der Waals surface area contributed by atoms with E-state index in [1.807, 2.05) is 0 Å². The van der Waals surface area contributed by atoms with Crippen molar-refractivity contribution in [2.24, 2.45) is 11.7 Å². The summed E-state index contributed by atoms with van der Waals surface area (Å²) in [7, 11) is 3.23. The molecule has 0 spiro atoms. The summed E-state index contributed by atoms with van der Waals surface area (Å²) in [6, 6.07) is 4.55. The quantitative estimate of drug-likeness (QED) is 0.851. The van der Waals surface area contributed by atoms with Gasteiger partial charge in [0.15, 0.2) is 11.5 Å². The van der Waals surface area contributed by atoms with Gasteiger partial charge in [0.2, 0.25) is 5.91 Å². The van der Waals surface area contributed by atoms with Gasteiger partial charge < -0.3 is 25.2 Å². The molecule has 0 aliphatic carbocycles. The lowest BCUT2D eigenvalue weighted by atomic mass is 9.91. The molecule has 1 aromatic carbocycles. The third-order valence-electron chi connectivity index (χ3n) is 4.10. The molecule has 1 aromatic rings. The molecule has 3 N–H and O–H groups in total. The van der Waals surface area contributed by atoms with Crippen LogP contribution < -0.4 is 10.5 Å². The van der Waals surface area contributed by atoms with E-state index in [4.69, 9.17) is 15.2 Å². The number of benzene rings is 1. The second-order valence-corrected chi connectivity index (χ2v) is 5.68. The lowest BCUT2D eigenvalue weighted by Gasteiger charge is -2.30. The first-order valence-electron chi connectivity index (χ1n) is 7.47. The minimum Gasteiger partial charge on any atom is -0.504 e. The maximum absolute atomic E-state index is 12.4. The summed E-state index contributed by atoms with van der Waals surface area (Å²) >= 11 is 0. The van der Waals surface area contributed by atoms with Crippen LogP contribution in [0.5, 0.6) is 11.5 Å². The highest BCUT2D eigenvalue weighted by atomic mass is 16.5. The summed E-state index contributed by atoms with van der Waals surface area (Å²) in [5, 5.41) is 9.60. The third kappa shape index (κ3) is 3.90. The SMILES string of the molecule is COc1cc(CN(C)C(=O)C(N)C2CCOCC2)ccc1O. The molecule has 6 heteroatoms. The zero-order valence-electron chi connectivity index (χ0n) is 13.1. The maximum Gasteiger partial charge on any atom is 0.239 e. The van der Waals surface area contributed by atoms with E-state index in [9.17, 15) is 9.90 Å². The Morgan fingerprint density at radius 1 is 1.50 bits per heavy atom. The first-order chi connectivity index (χ1) is 10.5. The number of ether oxygens (including phenoxy) is 2. The molecule has 1 aliphatic heterocycles. The Labute approximate surface area is 130 Å². The molecule has 0 radical (unpaired) electrons. The summed E-state index contributed by atoms with van der Waals surface area (Å²) in [4.78, 5) is 14.1. The van der Waals surface area contributed by atoms with Crippen molar-refractivity contribution >= 4 is 5.91 Å². The highest BCUT2D eigenvalue weighted by Crippen LogP contribution is 2.27. The van der Waals surface area contributed by atoms with Gasteiger partial charge in [0.1, 0.15) is 0 Å². The summed E-state index contributed by atoms with van der Waals surface area (Å²) in [5.74, 6) is 0.586. The number of phenols is 1. The lowest BCUT2D eigenvalue weighted by molar-refractivity contribution is -0.133. The van der Waals surface area contributed by atoms with Gasteiger partial charge in [0.25, 0.3) is 0 Å². The van der Waals surface area contributed by atoms with Gasteiger partial charge in [-0.05, 0) is 36.5 Å². The minimum atomic E-state index is -0.493. The average molecular weight is 308 g/mol. The molecule has 1 saturated heterocycles. The fourth-order valence-electron chi connectivity index (χ4n) is 2.70. The van der Waals surface area contributed by atoms with E-state index in [1.165, 1.54) is 7.11 Å². The van der Waals surface area contributed by atoms with Crippen molar-refractivity contribution in [3.05, 3.63) is 23.8 Å². The van der Waals surface area contributed by atoms with Crippen LogP contribution >= 0.6 is 0 Å². The summed E-state index contributed by atoms with van der Waals surface area (Å²) in [6.07, 6.45) is 1.65. The molecule has 0 aromatic heterocycles. The highest BCUT2D eigenvalue weighted by Gasteiger charge is 2.28. The molecule has 0 saturated carbocycles. The summed E-state index contributed by atoms with van der Waals surface area (Å²) in [6.45, 7) is 1.77. The second kappa shape index (κ2) is 7.47. The van der Waals surface area contributed by atoms with Crippen LogP contribution in [0.2, 0.25) is 0 Å². The Bertz CT molecular complexity index is 515. The summed E-state index contributed by atoms with van der Waals surface area (Å²) in [5.41, 5.74) is 6.99. The monoisotopic (exact) mass is 308 g/mol. The zero-order valence-corrected chi connectivity index (χ0v) is 13.1. The molecule has 0 bridgehead atoms. The first kappa shape index (κ1) is 16.6. The van der Waals surface area contributed by atoms with E-state index >= 15 is 0 Å². The predicted molar refractivity (Wildman–Crippen MR) is 82.7 cm³/mol. The molecule has 1 amide bonds. The first-order valence-corrected chi connectivity index (χ1v) is 7.47. The van der Waals surface area contributed by atoms with E-state index in [-0.39, 0.29) is 17.6 Å². The van der Waals surface area contributed by atoms with Crippen LogP contribution in [0.4, 0.5) is 0 Å². The molecule has 1 heterocycles. The molecule has 2 rings (SSSR count). The number of nitrogens with two attached hydrogens (primary N) is 1. The topological polar surface area (TPSA) is 85.0 Å². The van der Waals surface area contributed by atoms with E-state index in [1.54, 1.807) is 30.1 Å². The lowest BCUT2D eigenvalue weighted by Crippen LogP contribution is -2.47. The number of carbonyl (C=O) groups excluding carboxylic acids is 1. The van der Waals surface area contributed by atoms with Crippen molar-refractivity contribution in [3.8, 4) is 11.5 Å². The number of hydrogen-bond acceptors (Lipinski definition) is 5. The van der Waals surface area contributed by atoms with Gasteiger partial charge in [-0.15, -0.1) is 0 Å². The molecule has 1 aliphatic rings. The molecular formula is C16H24N2O4. The fourth-order valence-corrected chi connectivity index (χ4v) is 2.70. The van der Waals surface area contributed by atoms with Crippen molar-refractivity contribution in [2.75, 3.05) is 27.4 Å². The van der Waals surface area contributed by atoms with Crippen LogP contribution in [0.1, 0.15) is 18.4 Å². The normalized spacial score (nSPS) is 17.0. The van der Waals surface area contributed by atoms with Crippen LogP contribution in [0, 0.1) is 5.92 Å². The number of rotatable bonds is 5. The number of hydrogen-bond donors (Lipinski definition) is 2. The maximum atomic E-state index is 12.4. The van der Waals surface area contributed by atoms with Crippen molar-refractivity contribution in [2.45, 2.75) is 25.4 Å². The number of aromatic hydroxyl groups is 1. The standard InChI is InChI=1S/C16H24N2O4/c1-18(10-11-3-4-13(19)14(9-11)21-2)16(20)15(17)12-5-7-22-8-6-12/h3-4,9,12,15,19H,5-8,10,17H2,1-2H3. The van der Waals surface area contributed by atoms with E-state index < -0.39 is 6.04 Å². The van der Waals surface area contributed by atoms with Crippen LogP contribution in [0.15, 0.2) is 18.2 Å². The largest absolute Gasteiger partial charge is 0.504 e. The number of carbonyl (C=O) groups is 1. The van der Waals surface area contributed by atoms with Crippen LogP contribution in [-0.2, 0) is 16.1 Å². The van der Waals surface area contributed by atoms with Gasteiger partial charge >= 0.3 is 0 Å².